The average Bonchev–Trinajstić information content (AvgIpc) is 3.03. The van der Waals surface area contributed by atoms with Crippen molar-refractivity contribution in [2.45, 2.75) is 45.4 Å². The quantitative estimate of drug-likeness (QED) is 0.797. The van der Waals surface area contributed by atoms with E-state index in [-0.39, 0.29) is 30.0 Å². The van der Waals surface area contributed by atoms with Gasteiger partial charge >= 0.3 is 0 Å². The summed E-state index contributed by atoms with van der Waals surface area (Å²) < 4.78 is 14.0. The summed E-state index contributed by atoms with van der Waals surface area (Å²) >= 11 is 0. The molecule has 2 amide bonds. The van der Waals surface area contributed by atoms with E-state index >= 15 is 0 Å². The number of carbonyl (C=O) groups is 2. The topological polar surface area (TPSA) is 66.4 Å². The molecule has 2 aromatic rings. The largest absolute Gasteiger partial charge is 0.342 e. The molecule has 7 heteroatoms. The standard InChI is InChI=1S/C22H25FN4O2/c1-14-18-12-20(29)27(11-9-16-6-3-4-8-19(16)23)22(18)25-21(24-14)17-7-5-10-26(13-17)15(2)28/h3-4,6,8,17H,5,7,9-13H2,1-2H3. The van der Waals surface area contributed by atoms with Gasteiger partial charge in [-0.1, -0.05) is 18.2 Å². The van der Waals surface area contributed by atoms with Gasteiger partial charge in [0.1, 0.15) is 17.5 Å². The van der Waals surface area contributed by atoms with Crippen LogP contribution >= 0.6 is 0 Å². The Kier molecular flexibility index (Phi) is 5.30. The van der Waals surface area contributed by atoms with E-state index < -0.39 is 0 Å². The van der Waals surface area contributed by atoms with Crippen molar-refractivity contribution in [2.75, 3.05) is 24.5 Å². The molecule has 1 saturated heterocycles. The summed E-state index contributed by atoms with van der Waals surface area (Å²) in [7, 11) is 0. The van der Waals surface area contributed by atoms with Gasteiger partial charge < -0.3 is 4.90 Å². The minimum Gasteiger partial charge on any atom is -0.342 e. The maximum Gasteiger partial charge on any atom is 0.232 e. The van der Waals surface area contributed by atoms with Gasteiger partial charge in [0.25, 0.3) is 0 Å². The molecule has 3 heterocycles. The van der Waals surface area contributed by atoms with Gasteiger partial charge in [0.05, 0.1) is 6.42 Å². The third kappa shape index (κ3) is 3.86. The van der Waals surface area contributed by atoms with Crippen molar-refractivity contribution in [3.8, 4) is 0 Å². The lowest BCUT2D eigenvalue weighted by Crippen LogP contribution is -2.38. The van der Waals surface area contributed by atoms with Crippen LogP contribution in [0.5, 0.6) is 0 Å². The van der Waals surface area contributed by atoms with E-state index in [1.807, 2.05) is 11.8 Å². The van der Waals surface area contributed by atoms with Crippen LogP contribution in [0.1, 0.15) is 48.3 Å². The normalized spacial score (nSPS) is 18.9. The molecule has 29 heavy (non-hydrogen) atoms. The van der Waals surface area contributed by atoms with E-state index in [1.54, 1.807) is 30.0 Å². The summed E-state index contributed by atoms with van der Waals surface area (Å²) in [5.41, 5.74) is 2.25. The van der Waals surface area contributed by atoms with E-state index in [0.717, 1.165) is 30.6 Å². The number of amides is 2. The van der Waals surface area contributed by atoms with Gasteiger partial charge in [0.2, 0.25) is 11.8 Å². The minimum absolute atomic E-state index is 0.0279. The van der Waals surface area contributed by atoms with Gasteiger partial charge in [-0.3, -0.25) is 14.5 Å². The molecule has 1 aromatic heterocycles. The second kappa shape index (κ2) is 7.89. The molecule has 0 radical (unpaired) electrons. The molecule has 6 nitrogen and oxygen atoms in total. The van der Waals surface area contributed by atoms with Gasteiger partial charge in [-0.15, -0.1) is 0 Å². The zero-order chi connectivity index (χ0) is 20.5. The molecule has 1 fully saturated rings. The lowest BCUT2D eigenvalue weighted by atomic mass is 9.96. The molecule has 0 N–H and O–H groups in total. The van der Waals surface area contributed by atoms with Crippen molar-refractivity contribution >= 4 is 17.6 Å². The van der Waals surface area contributed by atoms with Gasteiger partial charge in [-0.2, -0.15) is 0 Å². The Labute approximate surface area is 169 Å². The number of aromatic nitrogens is 2. The van der Waals surface area contributed by atoms with Crippen LogP contribution in [-0.4, -0.2) is 46.3 Å². The van der Waals surface area contributed by atoms with Crippen molar-refractivity contribution < 1.29 is 14.0 Å². The zero-order valence-corrected chi connectivity index (χ0v) is 16.8. The molecule has 0 saturated carbocycles. The van der Waals surface area contributed by atoms with E-state index in [9.17, 15) is 14.0 Å². The molecule has 1 atom stereocenters. The van der Waals surface area contributed by atoms with Crippen molar-refractivity contribution in [2.24, 2.45) is 0 Å². The predicted octanol–water partition coefficient (Wildman–Crippen LogP) is 2.78. The second-order valence-corrected chi connectivity index (χ2v) is 7.84. The van der Waals surface area contributed by atoms with Crippen molar-refractivity contribution in [3.63, 3.8) is 0 Å². The number of nitrogens with zero attached hydrogens (tertiary/aromatic N) is 4. The number of rotatable bonds is 4. The molecule has 0 spiro atoms. The fraction of sp³-hybridized carbons (Fsp3) is 0.455. The number of aryl methyl sites for hydroxylation is 1. The Hall–Kier alpha value is -2.83. The maximum absolute atomic E-state index is 14.0. The number of benzene rings is 1. The number of hydrogen-bond donors (Lipinski definition) is 0. The summed E-state index contributed by atoms with van der Waals surface area (Å²) in [6.07, 6.45) is 2.55. The molecule has 0 bridgehead atoms. The predicted molar refractivity (Wildman–Crippen MR) is 107 cm³/mol. The maximum atomic E-state index is 14.0. The van der Waals surface area contributed by atoms with Crippen molar-refractivity contribution in [1.82, 2.24) is 14.9 Å². The monoisotopic (exact) mass is 396 g/mol. The lowest BCUT2D eigenvalue weighted by Gasteiger charge is -2.31. The Morgan fingerprint density at radius 1 is 1.28 bits per heavy atom. The van der Waals surface area contributed by atoms with Crippen LogP contribution in [0.15, 0.2) is 24.3 Å². The number of fused-ring (bicyclic) bond motifs is 1. The third-order valence-electron chi connectivity index (χ3n) is 5.89. The van der Waals surface area contributed by atoms with Gasteiger partial charge in [0, 0.05) is 43.7 Å². The average molecular weight is 396 g/mol. The highest BCUT2D eigenvalue weighted by Crippen LogP contribution is 2.32. The second-order valence-electron chi connectivity index (χ2n) is 7.84. The van der Waals surface area contributed by atoms with Gasteiger partial charge in [0.15, 0.2) is 0 Å². The molecule has 2 aliphatic heterocycles. The van der Waals surface area contributed by atoms with E-state index in [2.05, 4.69) is 4.98 Å². The molecule has 4 rings (SSSR count). The summed E-state index contributed by atoms with van der Waals surface area (Å²) in [4.78, 5) is 37.3. The summed E-state index contributed by atoms with van der Waals surface area (Å²) in [6.45, 7) is 5.25. The van der Waals surface area contributed by atoms with Crippen LogP contribution in [0, 0.1) is 12.7 Å². The first kappa shape index (κ1) is 19.5. The van der Waals surface area contributed by atoms with Gasteiger partial charge in [-0.05, 0) is 37.8 Å². The zero-order valence-electron chi connectivity index (χ0n) is 16.8. The number of anilines is 1. The van der Waals surface area contributed by atoms with Crippen LogP contribution in [0.2, 0.25) is 0 Å². The first-order chi connectivity index (χ1) is 13.9. The molecule has 1 aromatic carbocycles. The SMILES string of the molecule is CC(=O)N1CCCC(c2nc(C)c3c(n2)N(CCc2ccccc2F)C(=O)C3)C1. The van der Waals surface area contributed by atoms with E-state index in [4.69, 9.17) is 4.98 Å². The third-order valence-corrected chi connectivity index (χ3v) is 5.89. The van der Waals surface area contributed by atoms with Crippen LogP contribution in [0.25, 0.3) is 0 Å². The fourth-order valence-electron chi connectivity index (χ4n) is 4.22. The Morgan fingerprint density at radius 2 is 2.07 bits per heavy atom. The smallest absolute Gasteiger partial charge is 0.232 e. The first-order valence-electron chi connectivity index (χ1n) is 10.1. The van der Waals surface area contributed by atoms with Crippen molar-refractivity contribution in [3.05, 3.63) is 52.7 Å². The summed E-state index contributed by atoms with van der Waals surface area (Å²) in [5, 5.41) is 0. The molecule has 0 aliphatic carbocycles. The Balaban J connectivity index is 1.58. The molecule has 2 aliphatic rings. The first-order valence-corrected chi connectivity index (χ1v) is 10.1. The number of hydrogen-bond acceptors (Lipinski definition) is 4. The number of piperidine rings is 1. The fourth-order valence-corrected chi connectivity index (χ4v) is 4.22. The Bertz CT molecular complexity index is 962. The van der Waals surface area contributed by atoms with Crippen LogP contribution < -0.4 is 4.90 Å². The molecule has 152 valence electrons. The van der Waals surface area contributed by atoms with Crippen LogP contribution in [0.4, 0.5) is 10.2 Å². The highest BCUT2D eigenvalue weighted by Gasteiger charge is 2.33. The van der Waals surface area contributed by atoms with Gasteiger partial charge in [-0.25, -0.2) is 14.4 Å². The van der Waals surface area contributed by atoms with Crippen molar-refractivity contribution in [1.29, 1.82) is 0 Å². The lowest BCUT2D eigenvalue weighted by molar-refractivity contribution is -0.130. The minimum atomic E-state index is -0.259. The molecular formula is C22H25FN4O2. The van der Waals surface area contributed by atoms with E-state index in [1.165, 1.54) is 6.07 Å². The number of halogens is 1. The molecule has 1 unspecified atom stereocenters. The molecular weight excluding hydrogens is 371 g/mol. The number of likely N-dealkylation sites (tertiary alicyclic amines) is 1. The summed E-state index contributed by atoms with van der Waals surface area (Å²) in [6, 6.07) is 6.63. The van der Waals surface area contributed by atoms with Crippen LogP contribution in [-0.2, 0) is 22.4 Å². The Morgan fingerprint density at radius 3 is 2.83 bits per heavy atom. The number of carbonyl (C=O) groups excluding carboxylic acids is 2. The van der Waals surface area contributed by atoms with Crippen LogP contribution in [0.3, 0.4) is 0 Å². The highest BCUT2D eigenvalue weighted by atomic mass is 19.1. The van der Waals surface area contributed by atoms with E-state index in [0.29, 0.717) is 36.7 Å². The summed E-state index contributed by atoms with van der Waals surface area (Å²) in [5.74, 6) is 1.19. The highest BCUT2D eigenvalue weighted by molar-refractivity contribution is 6.00.